The molecule has 4 aromatic carbocycles. The molecule has 0 amide bonds. The van der Waals surface area contributed by atoms with Gasteiger partial charge >= 0.3 is 0 Å². The van der Waals surface area contributed by atoms with Crippen molar-refractivity contribution in [1.29, 1.82) is 0 Å². The first kappa shape index (κ1) is 21.8. The van der Waals surface area contributed by atoms with Crippen LogP contribution in [0.4, 0.5) is 11.4 Å². The number of aryl methyl sites for hydroxylation is 1. The van der Waals surface area contributed by atoms with E-state index in [4.69, 9.17) is 4.74 Å². The molecular weight excluding hydrogens is 428 g/mol. The maximum absolute atomic E-state index is 7.23. The molecule has 35 heavy (non-hydrogen) atoms. The SMILES string of the molecule is Cc1ccccc1C1Cc2ccccc2OC12c1ccc(N(C)C)cc1-c1cc(N(C)C)ccc12. The number of para-hydroxylation sites is 1. The summed E-state index contributed by atoms with van der Waals surface area (Å²) < 4.78 is 7.23. The summed E-state index contributed by atoms with van der Waals surface area (Å²) in [6.45, 7) is 2.23. The molecule has 3 nitrogen and oxygen atoms in total. The Kier molecular flexibility index (Phi) is 4.93. The van der Waals surface area contributed by atoms with Gasteiger partial charge in [0.2, 0.25) is 0 Å². The van der Waals surface area contributed by atoms with Gasteiger partial charge in [-0.25, -0.2) is 0 Å². The van der Waals surface area contributed by atoms with E-state index in [1.807, 2.05) is 0 Å². The quantitative estimate of drug-likeness (QED) is 0.336. The number of anilines is 2. The maximum Gasteiger partial charge on any atom is 0.167 e. The molecular formula is C32H32N2O. The van der Waals surface area contributed by atoms with Crippen molar-refractivity contribution in [3.05, 3.63) is 113 Å². The second kappa shape index (κ2) is 7.91. The van der Waals surface area contributed by atoms with Gasteiger partial charge in [0.1, 0.15) is 5.75 Å². The number of rotatable bonds is 3. The van der Waals surface area contributed by atoms with Crippen molar-refractivity contribution in [1.82, 2.24) is 0 Å². The van der Waals surface area contributed by atoms with Crippen LogP contribution in [0.1, 0.15) is 33.7 Å². The molecule has 1 heterocycles. The monoisotopic (exact) mass is 460 g/mol. The molecule has 1 spiro atoms. The van der Waals surface area contributed by atoms with Gasteiger partial charge in [-0.2, -0.15) is 0 Å². The number of fused-ring (bicyclic) bond motifs is 6. The highest BCUT2D eigenvalue weighted by Crippen LogP contribution is 2.60. The number of hydrogen-bond donors (Lipinski definition) is 0. The van der Waals surface area contributed by atoms with E-state index in [1.54, 1.807) is 0 Å². The van der Waals surface area contributed by atoms with Crippen LogP contribution in [0.3, 0.4) is 0 Å². The number of ether oxygens (including phenoxy) is 1. The third-order valence-corrected chi connectivity index (χ3v) is 7.85. The predicted molar refractivity (Wildman–Crippen MR) is 146 cm³/mol. The first-order valence-electron chi connectivity index (χ1n) is 12.4. The van der Waals surface area contributed by atoms with Crippen LogP contribution in [0.2, 0.25) is 0 Å². The topological polar surface area (TPSA) is 15.7 Å². The summed E-state index contributed by atoms with van der Waals surface area (Å²) in [5, 5.41) is 0. The van der Waals surface area contributed by atoms with E-state index in [0.29, 0.717) is 0 Å². The van der Waals surface area contributed by atoms with Crippen LogP contribution in [-0.2, 0) is 12.0 Å². The third-order valence-electron chi connectivity index (χ3n) is 7.85. The molecule has 1 atom stereocenters. The zero-order chi connectivity index (χ0) is 24.3. The summed E-state index contributed by atoms with van der Waals surface area (Å²) in [6, 6.07) is 31.1. The predicted octanol–water partition coefficient (Wildman–Crippen LogP) is 6.77. The van der Waals surface area contributed by atoms with Crippen LogP contribution in [-0.4, -0.2) is 28.2 Å². The lowest BCUT2D eigenvalue weighted by Gasteiger charge is -2.44. The van der Waals surface area contributed by atoms with Crippen molar-refractivity contribution in [3.8, 4) is 16.9 Å². The Hall–Kier alpha value is -3.72. The number of hydrogen-bond acceptors (Lipinski definition) is 3. The molecule has 176 valence electrons. The molecule has 1 aliphatic carbocycles. The molecule has 0 fully saturated rings. The Balaban J connectivity index is 1.69. The minimum atomic E-state index is -0.583. The fourth-order valence-electron chi connectivity index (χ4n) is 6.03. The van der Waals surface area contributed by atoms with E-state index < -0.39 is 5.60 Å². The van der Waals surface area contributed by atoms with Crippen LogP contribution < -0.4 is 14.5 Å². The Morgan fingerprint density at radius 2 is 1.29 bits per heavy atom. The lowest BCUT2D eigenvalue weighted by Crippen LogP contribution is -2.43. The van der Waals surface area contributed by atoms with E-state index >= 15 is 0 Å². The van der Waals surface area contributed by atoms with Crippen molar-refractivity contribution >= 4 is 11.4 Å². The summed E-state index contributed by atoms with van der Waals surface area (Å²) in [4.78, 5) is 4.35. The third kappa shape index (κ3) is 3.18. The lowest BCUT2D eigenvalue weighted by atomic mass is 9.70. The average Bonchev–Trinajstić information content (AvgIpc) is 3.13. The highest BCUT2D eigenvalue weighted by atomic mass is 16.5. The largest absolute Gasteiger partial charge is 0.477 e. The van der Waals surface area contributed by atoms with E-state index in [9.17, 15) is 0 Å². The van der Waals surface area contributed by atoms with Gasteiger partial charge in [0.05, 0.1) is 0 Å². The molecule has 0 saturated heterocycles. The first-order chi connectivity index (χ1) is 16.9. The zero-order valence-electron chi connectivity index (χ0n) is 21.2. The van der Waals surface area contributed by atoms with Gasteiger partial charge in [-0.15, -0.1) is 0 Å². The summed E-state index contributed by atoms with van der Waals surface area (Å²) >= 11 is 0. The van der Waals surface area contributed by atoms with Gasteiger partial charge in [0.25, 0.3) is 0 Å². The van der Waals surface area contributed by atoms with Crippen molar-refractivity contribution in [2.75, 3.05) is 38.0 Å². The standard InChI is InChI=1S/C32H32N2O/c1-21-10-6-8-12-25(21)30-18-22-11-7-9-13-31(22)35-32(30)28-16-14-23(33(2)3)19-26(28)27-20-24(34(4)5)15-17-29(27)32/h6-17,19-20,30H,18H2,1-5H3. The van der Waals surface area contributed by atoms with Gasteiger partial charge < -0.3 is 14.5 Å². The maximum atomic E-state index is 7.23. The minimum Gasteiger partial charge on any atom is -0.477 e. The normalized spacial score (nSPS) is 16.8. The smallest absolute Gasteiger partial charge is 0.167 e. The van der Waals surface area contributed by atoms with Crippen LogP contribution >= 0.6 is 0 Å². The highest BCUT2D eigenvalue weighted by molar-refractivity contribution is 5.86. The summed E-state index contributed by atoms with van der Waals surface area (Å²) in [5.41, 5.74) is 10.8. The molecule has 6 rings (SSSR count). The van der Waals surface area contributed by atoms with Crippen molar-refractivity contribution < 1.29 is 4.74 Å². The number of nitrogens with zero attached hydrogens (tertiary/aromatic N) is 2. The van der Waals surface area contributed by atoms with Gasteiger partial charge in [0.15, 0.2) is 5.60 Å². The first-order valence-corrected chi connectivity index (χ1v) is 12.4. The van der Waals surface area contributed by atoms with E-state index in [2.05, 4.69) is 130 Å². The van der Waals surface area contributed by atoms with Crippen LogP contribution in [0.5, 0.6) is 5.75 Å². The van der Waals surface area contributed by atoms with Crippen LogP contribution in [0, 0.1) is 6.92 Å². The molecule has 1 aliphatic heterocycles. The van der Waals surface area contributed by atoms with E-state index in [1.165, 1.54) is 50.3 Å². The minimum absolute atomic E-state index is 0.161. The van der Waals surface area contributed by atoms with Gasteiger partial charge in [-0.3, -0.25) is 0 Å². The summed E-state index contributed by atoms with van der Waals surface area (Å²) in [7, 11) is 8.42. The zero-order valence-corrected chi connectivity index (χ0v) is 21.2. The fourth-order valence-corrected chi connectivity index (χ4v) is 6.03. The Morgan fingerprint density at radius 1 is 0.714 bits per heavy atom. The van der Waals surface area contributed by atoms with Crippen LogP contribution in [0.25, 0.3) is 11.1 Å². The number of benzene rings is 4. The Bertz CT molecular complexity index is 1380. The molecule has 0 radical (unpaired) electrons. The molecule has 0 bridgehead atoms. The molecule has 4 aromatic rings. The van der Waals surface area contributed by atoms with Crippen LogP contribution in [0.15, 0.2) is 84.9 Å². The fraction of sp³-hybridized carbons (Fsp3) is 0.250. The van der Waals surface area contributed by atoms with Crippen molar-refractivity contribution in [2.45, 2.75) is 24.9 Å². The molecule has 0 N–H and O–H groups in total. The lowest BCUT2D eigenvalue weighted by molar-refractivity contribution is 0.0655. The second-order valence-electron chi connectivity index (χ2n) is 10.3. The molecule has 3 heteroatoms. The van der Waals surface area contributed by atoms with E-state index in [-0.39, 0.29) is 5.92 Å². The van der Waals surface area contributed by atoms with Gasteiger partial charge in [-0.1, -0.05) is 54.6 Å². The molecule has 0 saturated carbocycles. The highest BCUT2D eigenvalue weighted by Gasteiger charge is 2.54. The molecule has 1 unspecified atom stereocenters. The van der Waals surface area contributed by atoms with Gasteiger partial charge in [-0.05, 0) is 71.5 Å². The average molecular weight is 461 g/mol. The van der Waals surface area contributed by atoms with Gasteiger partial charge in [0, 0.05) is 56.6 Å². The summed E-state index contributed by atoms with van der Waals surface area (Å²) in [6.07, 6.45) is 0.935. The Labute approximate surface area is 208 Å². The summed E-state index contributed by atoms with van der Waals surface area (Å²) in [5.74, 6) is 1.15. The second-order valence-corrected chi connectivity index (χ2v) is 10.3. The van der Waals surface area contributed by atoms with Crippen molar-refractivity contribution in [3.63, 3.8) is 0 Å². The van der Waals surface area contributed by atoms with Crippen molar-refractivity contribution in [2.24, 2.45) is 0 Å². The molecule has 0 aromatic heterocycles. The molecule has 2 aliphatic rings. The Morgan fingerprint density at radius 3 is 1.89 bits per heavy atom. The van der Waals surface area contributed by atoms with E-state index in [0.717, 1.165) is 12.2 Å².